The molecule has 0 amide bonds. The number of allylic oxidation sites excluding steroid dienone is 4. The molecule has 27 heavy (non-hydrogen) atoms. The Hall–Kier alpha value is -2.11. The molecule has 1 unspecified atom stereocenters. The first-order valence-electron chi connectivity index (χ1n) is 9.58. The minimum Gasteiger partial charge on any atom is -0.473 e. The zero-order chi connectivity index (χ0) is 20.1. The third kappa shape index (κ3) is 7.19. The van der Waals surface area contributed by atoms with Crippen LogP contribution in [0.25, 0.3) is 0 Å². The molecule has 5 heteroatoms. The fourth-order valence-corrected chi connectivity index (χ4v) is 3.01. The molecule has 1 N–H and O–H groups in total. The van der Waals surface area contributed by atoms with Gasteiger partial charge in [0.1, 0.15) is 6.61 Å². The molecule has 1 heterocycles. The first-order valence-corrected chi connectivity index (χ1v) is 9.58. The molecule has 1 aromatic rings. The molecule has 0 bridgehead atoms. The van der Waals surface area contributed by atoms with E-state index in [9.17, 15) is 0 Å². The highest BCUT2D eigenvalue weighted by atomic mass is 16.5. The van der Waals surface area contributed by atoms with Gasteiger partial charge in [-0.3, -0.25) is 0 Å². The fourth-order valence-electron chi connectivity index (χ4n) is 3.01. The molecule has 5 nitrogen and oxygen atoms in total. The van der Waals surface area contributed by atoms with Crippen molar-refractivity contribution in [3.8, 4) is 5.88 Å². The number of hydrogen-bond acceptors (Lipinski definition) is 4. The van der Waals surface area contributed by atoms with Crippen molar-refractivity contribution in [1.82, 2.24) is 15.1 Å². The SMILES string of the molecule is C=C/C=C\C(=C/C=C)COc1cc(CNC)nn1CC(CC)(CCC)OC. The van der Waals surface area contributed by atoms with Gasteiger partial charge in [-0.15, -0.1) is 0 Å². The quantitative estimate of drug-likeness (QED) is 0.490. The van der Waals surface area contributed by atoms with Gasteiger partial charge in [-0.25, -0.2) is 4.68 Å². The van der Waals surface area contributed by atoms with Crippen LogP contribution in [-0.4, -0.2) is 36.1 Å². The molecule has 0 aliphatic rings. The average Bonchev–Trinajstić information content (AvgIpc) is 3.04. The lowest BCUT2D eigenvalue weighted by Crippen LogP contribution is -2.36. The predicted molar refractivity (Wildman–Crippen MR) is 113 cm³/mol. The molecule has 150 valence electrons. The van der Waals surface area contributed by atoms with Crippen LogP contribution in [0.5, 0.6) is 5.88 Å². The second-order valence-corrected chi connectivity index (χ2v) is 6.51. The Labute approximate surface area is 164 Å². The zero-order valence-electron chi connectivity index (χ0n) is 17.3. The highest BCUT2D eigenvalue weighted by Crippen LogP contribution is 2.27. The van der Waals surface area contributed by atoms with E-state index in [-0.39, 0.29) is 5.60 Å². The lowest BCUT2D eigenvalue weighted by atomic mass is 9.94. The van der Waals surface area contributed by atoms with Crippen LogP contribution in [0.2, 0.25) is 0 Å². The van der Waals surface area contributed by atoms with Gasteiger partial charge in [0.15, 0.2) is 0 Å². The number of hydrogen-bond donors (Lipinski definition) is 1. The summed E-state index contributed by atoms with van der Waals surface area (Å²) in [5, 5.41) is 7.87. The number of rotatable bonds is 14. The topological polar surface area (TPSA) is 48.3 Å². The molecular formula is C22H35N3O2. The predicted octanol–water partition coefficient (Wildman–Crippen LogP) is 4.43. The first kappa shape index (κ1) is 22.9. The summed E-state index contributed by atoms with van der Waals surface area (Å²) < 4.78 is 13.9. The largest absolute Gasteiger partial charge is 0.473 e. The smallest absolute Gasteiger partial charge is 0.212 e. The van der Waals surface area contributed by atoms with E-state index in [0.29, 0.717) is 19.7 Å². The molecule has 0 saturated heterocycles. The van der Waals surface area contributed by atoms with Crippen LogP contribution in [0, 0.1) is 0 Å². The molecule has 0 saturated carbocycles. The van der Waals surface area contributed by atoms with Gasteiger partial charge in [0, 0.05) is 19.7 Å². The molecule has 0 aliphatic carbocycles. The molecule has 0 radical (unpaired) electrons. The van der Waals surface area contributed by atoms with E-state index in [1.807, 2.05) is 36.0 Å². The second kappa shape index (κ2) is 12.3. The summed E-state index contributed by atoms with van der Waals surface area (Å²) in [4.78, 5) is 0. The van der Waals surface area contributed by atoms with Crippen LogP contribution in [0.1, 0.15) is 38.8 Å². The van der Waals surface area contributed by atoms with Gasteiger partial charge in [0.2, 0.25) is 5.88 Å². The standard InChI is InChI=1S/C22H35N3O2/c1-7-11-13-19(12-8-2)17-27-21-15-20(16-23-5)24-25(21)18-22(10-4,26-6)14-9-3/h7-8,11-13,15,23H,1-2,9-10,14,16-18H2,3-6H3/b13-11-,19-12+. The summed E-state index contributed by atoms with van der Waals surface area (Å²) in [6.45, 7) is 13.6. The van der Waals surface area contributed by atoms with Crippen molar-refractivity contribution in [3.63, 3.8) is 0 Å². The molecule has 1 aromatic heterocycles. The Kier molecular flexibility index (Phi) is 10.5. The Morgan fingerprint density at radius 2 is 2.11 bits per heavy atom. The molecular weight excluding hydrogens is 338 g/mol. The Morgan fingerprint density at radius 1 is 1.33 bits per heavy atom. The van der Waals surface area contributed by atoms with Gasteiger partial charge in [0.05, 0.1) is 17.8 Å². The normalized spacial score (nSPS) is 14.3. The lowest BCUT2D eigenvalue weighted by Gasteiger charge is -2.31. The third-order valence-electron chi connectivity index (χ3n) is 4.54. The maximum atomic E-state index is 6.10. The van der Waals surface area contributed by atoms with Crippen molar-refractivity contribution >= 4 is 0 Å². The van der Waals surface area contributed by atoms with Crippen LogP contribution in [0.15, 0.2) is 55.2 Å². The van der Waals surface area contributed by atoms with Crippen LogP contribution in [0.3, 0.4) is 0 Å². The van der Waals surface area contributed by atoms with Gasteiger partial charge in [0.25, 0.3) is 0 Å². The van der Waals surface area contributed by atoms with Gasteiger partial charge in [-0.1, -0.05) is 63.8 Å². The number of nitrogens with one attached hydrogen (secondary N) is 1. The van der Waals surface area contributed by atoms with Gasteiger partial charge in [-0.05, 0) is 25.5 Å². The summed E-state index contributed by atoms with van der Waals surface area (Å²) in [5.74, 6) is 0.744. The summed E-state index contributed by atoms with van der Waals surface area (Å²) in [5.41, 5.74) is 1.72. The van der Waals surface area contributed by atoms with Crippen molar-refractivity contribution < 1.29 is 9.47 Å². The van der Waals surface area contributed by atoms with E-state index < -0.39 is 0 Å². The highest BCUT2D eigenvalue weighted by Gasteiger charge is 2.29. The number of aromatic nitrogens is 2. The van der Waals surface area contributed by atoms with E-state index >= 15 is 0 Å². The zero-order valence-corrected chi connectivity index (χ0v) is 17.3. The van der Waals surface area contributed by atoms with Crippen molar-refractivity contribution in [2.24, 2.45) is 0 Å². The molecule has 1 rings (SSSR count). The van der Waals surface area contributed by atoms with Crippen LogP contribution < -0.4 is 10.1 Å². The highest BCUT2D eigenvalue weighted by molar-refractivity contribution is 5.27. The van der Waals surface area contributed by atoms with Crippen molar-refractivity contribution in [1.29, 1.82) is 0 Å². The third-order valence-corrected chi connectivity index (χ3v) is 4.54. The van der Waals surface area contributed by atoms with Gasteiger partial charge < -0.3 is 14.8 Å². The second-order valence-electron chi connectivity index (χ2n) is 6.51. The summed E-state index contributed by atoms with van der Waals surface area (Å²) >= 11 is 0. The Bertz CT molecular complexity index is 640. The van der Waals surface area contributed by atoms with E-state index in [1.165, 1.54) is 0 Å². The fraction of sp³-hybridized carbons (Fsp3) is 0.500. The average molecular weight is 374 g/mol. The summed E-state index contributed by atoms with van der Waals surface area (Å²) in [6.07, 6.45) is 12.2. The van der Waals surface area contributed by atoms with E-state index in [4.69, 9.17) is 14.6 Å². The maximum Gasteiger partial charge on any atom is 0.212 e. The summed E-state index contributed by atoms with van der Waals surface area (Å²) in [6, 6.07) is 1.99. The number of methoxy groups -OCH3 is 1. The Morgan fingerprint density at radius 3 is 2.67 bits per heavy atom. The van der Waals surface area contributed by atoms with Gasteiger partial charge >= 0.3 is 0 Å². The maximum absolute atomic E-state index is 6.10. The monoisotopic (exact) mass is 373 g/mol. The Balaban J connectivity index is 3.07. The molecule has 1 atom stereocenters. The number of ether oxygens (including phenoxy) is 2. The van der Waals surface area contributed by atoms with E-state index in [0.717, 1.165) is 36.4 Å². The van der Waals surface area contributed by atoms with Gasteiger partial charge in [-0.2, -0.15) is 5.10 Å². The number of nitrogens with zero attached hydrogens (tertiary/aromatic N) is 2. The van der Waals surface area contributed by atoms with Crippen LogP contribution in [0.4, 0.5) is 0 Å². The summed E-state index contributed by atoms with van der Waals surface area (Å²) in [7, 11) is 3.69. The van der Waals surface area contributed by atoms with Crippen molar-refractivity contribution in [2.45, 2.75) is 51.8 Å². The molecule has 0 fully saturated rings. The molecule has 0 spiro atoms. The van der Waals surface area contributed by atoms with Crippen LogP contribution >= 0.6 is 0 Å². The first-order chi connectivity index (χ1) is 13.1. The van der Waals surface area contributed by atoms with Crippen molar-refractivity contribution in [2.75, 3.05) is 20.8 Å². The minimum atomic E-state index is -0.238. The molecule has 0 aromatic carbocycles. The molecule has 0 aliphatic heterocycles. The lowest BCUT2D eigenvalue weighted by molar-refractivity contribution is -0.0387. The van der Waals surface area contributed by atoms with Crippen LogP contribution in [-0.2, 0) is 17.8 Å². The van der Waals surface area contributed by atoms with Crippen molar-refractivity contribution in [3.05, 3.63) is 60.9 Å². The minimum absolute atomic E-state index is 0.238. The van der Waals surface area contributed by atoms with E-state index in [2.05, 4.69) is 32.3 Å². The van der Waals surface area contributed by atoms with E-state index in [1.54, 1.807) is 19.3 Å².